The highest BCUT2D eigenvalue weighted by molar-refractivity contribution is 4.52. The van der Waals surface area contributed by atoms with Crippen LogP contribution in [0.4, 0.5) is 0 Å². The third kappa shape index (κ3) is 9.80. The second-order valence-electron chi connectivity index (χ2n) is 2.54. The van der Waals surface area contributed by atoms with E-state index in [9.17, 15) is 0 Å². The van der Waals surface area contributed by atoms with Gasteiger partial charge < -0.3 is 22.3 Å². The predicted molar refractivity (Wildman–Crippen MR) is 44.2 cm³/mol. The first kappa shape index (κ1) is 10.8. The Hall–Kier alpha value is -0.200. The summed E-state index contributed by atoms with van der Waals surface area (Å²) >= 11 is 0. The minimum atomic E-state index is -0.693. The monoisotopic (exact) mass is 162 g/mol. The zero-order valence-electron chi connectivity index (χ0n) is 6.66. The highest BCUT2D eigenvalue weighted by atomic mass is 16.3. The molecule has 0 aliphatic rings. The first-order valence-corrected chi connectivity index (χ1v) is 3.81. The SMILES string of the molecule is NC(O)CCCCNC(N)N. The Bertz CT molecular complexity index is 76.7. The smallest absolute Gasteiger partial charge is 0.106 e. The minimum Gasteiger partial charge on any atom is -0.379 e. The third-order valence-corrected chi connectivity index (χ3v) is 1.31. The number of aliphatic hydroxyl groups is 1. The predicted octanol–water partition coefficient (Wildman–Crippen LogP) is -1.78. The van der Waals surface area contributed by atoms with Crippen LogP contribution in [0.5, 0.6) is 0 Å². The molecule has 0 radical (unpaired) electrons. The zero-order valence-corrected chi connectivity index (χ0v) is 6.66. The van der Waals surface area contributed by atoms with Gasteiger partial charge in [-0.2, -0.15) is 0 Å². The van der Waals surface area contributed by atoms with Crippen molar-refractivity contribution in [3.05, 3.63) is 0 Å². The summed E-state index contributed by atoms with van der Waals surface area (Å²) in [6.07, 6.45) is 1.30. The number of unbranched alkanes of at least 4 members (excludes halogenated alkanes) is 1. The number of nitrogens with two attached hydrogens (primary N) is 3. The summed E-state index contributed by atoms with van der Waals surface area (Å²) < 4.78 is 0. The van der Waals surface area contributed by atoms with E-state index in [-0.39, 0.29) is 0 Å². The van der Waals surface area contributed by atoms with Crippen molar-refractivity contribution >= 4 is 0 Å². The number of hydrogen-bond donors (Lipinski definition) is 5. The standard InChI is InChI=1S/C6H18N4O/c7-5(11)3-1-2-4-10-6(8)9/h5-6,10-11H,1-4,7-9H2. The zero-order chi connectivity index (χ0) is 8.69. The maximum absolute atomic E-state index is 8.67. The fourth-order valence-electron chi connectivity index (χ4n) is 0.747. The van der Waals surface area contributed by atoms with Gasteiger partial charge >= 0.3 is 0 Å². The Labute approximate surface area is 66.9 Å². The van der Waals surface area contributed by atoms with E-state index in [1.807, 2.05) is 0 Å². The molecule has 1 atom stereocenters. The van der Waals surface area contributed by atoms with Crippen molar-refractivity contribution in [2.24, 2.45) is 17.2 Å². The molecule has 0 aromatic rings. The summed E-state index contributed by atoms with van der Waals surface area (Å²) in [6.45, 7) is 0.768. The molecule has 0 aliphatic carbocycles. The fraction of sp³-hybridized carbons (Fsp3) is 1.00. The third-order valence-electron chi connectivity index (χ3n) is 1.31. The molecule has 0 aromatic heterocycles. The highest BCUT2D eigenvalue weighted by Gasteiger charge is 1.95. The Morgan fingerprint density at radius 2 is 1.82 bits per heavy atom. The van der Waals surface area contributed by atoms with Gasteiger partial charge in [-0.1, -0.05) is 0 Å². The van der Waals surface area contributed by atoms with E-state index in [1.165, 1.54) is 0 Å². The van der Waals surface area contributed by atoms with Gasteiger partial charge in [0.1, 0.15) is 12.5 Å². The normalized spacial score (nSPS) is 13.9. The number of hydrogen-bond acceptors (Lipinski definition) is 5. The Morgan fingerprint density at radius 3 is 2.27 bits per heavy atom. The molecule has 0 aliphatic heterocycles. The second kappa shape index (κ2) is 6.51. The van der Waals surface area contributed by atoms with Crippen LogP contribution in [0, 0.1) is 0 Å². The molecule has 0 spiro atoms. The maximum atomic E-state index is 8.67. The highest BCUT2D eigenvalue weighted by Crippen LogP contribution is 1.94. The lowest BCUT2D eigenvalue weighted by Crippen LogP contribution is -2.45. The molecule has 0 saturated carbocycles. The van der Waals surface area contributed by atoms with Gasteiger partial charge in [0, 0.05) is 0 Å². The van der Waals surface area contributed by atoms with Crippen LogP contribution in [0.3, 0.4) is 0 Å². The summed E-state index contributed by atoms with van der Waals surface area (Å²) in [5.41, 5.74) is 15.6. The lowest BCUT2D eigenvalue weighted by molar-refractivity contribution is 0.168. The van der Waals surface area contributed by atoms with E-state index in [0.29, 0.717) is 6.42 Å². The minimum absolute atomic E-state index is 0.446. The molecule has 0 rings (SSSR count). The average Bonchev–Trinajstić information content (AvgIpc) is 1.85. The molecule has 0 amide bonds. The maximum Gasteiger partial charge on any atom is 0.106 e. The summed E-state index contributed by atoms with van der Waals surface area (Å²) in [6, 6.07) is 0. The van der Waals surface area contributed by atoms with Crippen molar-refractivity contribution in [3.63, 3.8) is 0 Å². The lowest BCUT2D eigenvalue weighted by Gasteiger charge is -2.08. The molecule has 0 aromatic carbocycles. The van der Waals surface area contributed by atoms with Crippen LogP contribution in [0.2, 0.25) is 0 Å². The van der Waals surface area contributed by atoms with Crippen molar-refractivity contribution < 1.29 is 5.11 Å². The Kier molecular flexibility index (Phi) is 6.39. The Morgan fingerprint density at radius 1 is 1.18 bits per heavy atom. The largest absolute Gasteiger partial charge is 0.379 e. The summed E-state index contributed by atoms with van der Waals surface area (Å²) in [5, 5.41) is 11.5. The van der Waals surface area contributed by atoms with E-state index >= 15 is 0 Å². The topological polar surface area (TPSA) is 110 Å². The van der Waals surface area contributed by atoms with Crippen molar-refractivity contribution in [1.29, 1.82) is 0 Å². The van der Waals surface area contributed by atoms with Crippen LogP contribution < -0.4 is 22.5 Å². The van der Waals surface area contributed by atoms with Crippen molar-refractivity contribution in [3.8, 4) is 0 Å². The van der Waals surface area contributed by atoms with Crippen LogP contribution in [0.1, 0.15) is 19.3 Å². The van der Waals surface area contributed by atoms with Gasteiger partial charge in [-0.15, -0.1) is 0 Å². The molecule has 1 unspecified atom stereocenters. The second-order valence-corrected chi connectivity index (χ2v) is 2.54. The van der Waals surface area contributed by atoms with E-state index in [1.54, 1.807) is 0 Å². The first-order valence-electron chi connectivity index (χ1n) is 3.81. The van der Waals surface area contributed by atoms with Crippen LogP contribution >= 0.6 is 0 Å². The summed E-state index contributed by atoms with van der Waals surface area (Å²) in [5.74, 6) is 0. The summed E-state index contributed by atoms with van der Waals surface area (Å²) in [7, 11) is 0. The number of rotatable bonds is 6. The quantitative estimate of drug-likeness (QED) is 0.234. The van der Waals surface area contributed by atoms with Gasteiger partial charge in [0.2, 0.25) is 0 Å². The molecule has 0 fully saturated rings. The van der Waals surface area contributed by atoms with Crippen LogP contribution in [-0.4, -0.2) is 24.2 Å². The average molecular weight is 162 g/mol. The summed E-state index contributed by atoms with van der Waals surface area (Å²) in [4.78, 5) is 0. The van der Waals surface area contributed by atoms with Crippen molar-refractivity contribution in [1.82, 2.24) is 5.32 Å². The molecule has 68 valence electrons. The van der Waals surface area contributed by atoms with Crippen molar-refractivity contribution in [2.45, 2.75) is 31.8 Å². The molecule has 8 N–H and O–H groups in total. The number of aliphatic hydroxyl groups excluding tert-OH is 1. The van der Waals surface area contributed by atoms with Gasteiger partial charge in [-0.3, -0.25) is 5.32 Å². The molecule has 11 heavy (non-hydrogen) atoms. The van der Waals surface area contributed by atoms with E-state index in [2.05, 4.69) is 5.32 Å². The van der Waals surface area contributed by atoms with Gasteiger partial charge in [0.05, 0.1) is 0 Å². The lowest BCUT2D eigenvalue weighted by atomic mass is 10.2. The van der Waals surface area contributed by atoms with Crippen molar-refractivity contribution in [2.75, 3.05) is 6.54 Å². The Balaban J connectivity index is 2.91. The molecule has 0 saturated heterocycles. The fourth-order valence-corrected chi connectivity index (χ4v) is 0.747. The molecule has 0 bridgehead atoms. The van der Waals surface area contributed by atoms with Crippen LogP contribution in [0.25, 0.3) is 0 Å². The first-order chi connectivity index (χ1) is 5.13. The van der Waals surface area contributed by atoms with E-state index in [0.717, 1.165) is 19.4 Å². The van der Waals surface area contributed by atoms with Gasteiger partial charge in [0.15, 0.2) is 0 Å². The van der Waals surface area contributed by atoms with Gasteiger partial charge in [-0.05, 0) is 25.8 Å². The molecular weight excluding hydrogens is 144 g/mol. The van der Waals surface area contributed by atoms with Crippen LogP contribution in [-0.2, 0) is 0 Å². The number of nitrogens with one attached hydrogen (secondary N) is 1. The molecule has 5 nitrogen and oxygen atoms in total. The van der Waals surface area contributed by atoms with E-state index in [4.69, 9.17) is 22.3 Å². The molecular formula is C6H18N4O. The van der Waals surface area contributed by atoms with E-state index < -0.39 is 12.5 Å². The van der Waals surface area contributed by atoms with Gasteiger partial charge in [-0.25, -0.2) is 0 Å². The molecule has 5 heteroatoms. The van der Waals surface area contributed by atoms with Crippen LogP contribution in [0.15, 0.2) is 0 Å². The molecule has 0 heterocycles. The van der Waals surface area contributed by atoms with Gasteiger partial charge in [0.25, 0.3) is 0 Å².